The van der Waals surface area contributed by atoms with Gasteiger partial charge in [-0.15, -0.1) is 10.2 Å². The molecule has 3 rings (SSSR count). The summed E-state index contributed by atoms with van der Waals surface area (Å²) in [5, 5.41) is 8.19. The molecule has 1 saturated heterocycles. The predicted octanol–water partition coefficient (Wildman–Crippen LogP) is 2.58. The van der Waals surface area contributed by atoms with Crippen molar-refractivity contribution in [3.63, 3.8) is 0 Å². The van der Waals surface area contributed by atoms with E-state index in [4.69, 9.17) is 4.42 Å². The molecule has 2 aromatic heterocycles. The van der Waals surface area contributed by atoms with Crippen LogP contribution in [0.4, 0.5) is 0 Å². The number of hydrogen-bond donors (Lipinski definition) is 0. The Kier molecular flexibility index (Phi) is 4.29. The molecule has 0 N–H and O–H groups in total. The van der Waals surface area contributed by atoms with Crippen LogP contribution in [0.2, 0.25) is 0 Å². The minimum atomic E-state index is 0.359. The fourth-order valence-electron chi connectivity index (χ4n) is 3.14. The van der Waals surface area contributed by atoms with Crippen molar-refractivity contribution in [3.8, 4) is 0 Å². The largest absolute Gasteiger partial charge is 0.425 e. The summed E-state index contributed by atoms with van der Waals surface area (Å²) in [6.07, 6.45) is 7.10. The molecule has 1 aliphatic rings. The molecule has 0 amide bonds. The Labute approximate surface area is 125 Å². The highest BCUT2D eigenvalue weighted by Gasteiger charge is 2.32. The van der Waals surface area contributed by atoms with E-state index in [-0.39, 0.29) is 0 Å². The zero-order valence-electron chi connectivity index (χ0n) is 12.7. The van der Waals surface area contributed by atoms with E-state index in [1.54, 1.807) is 0 Å². The van der Waals surface area contributed by atoms with Crippen LogP contribution in [-0.2, 0) is 6.42 Å². The van der Waals surface area contributed by atoms with E-state index in [0.717, 1.165) is 31.8 Å². The molecule has 0 aromatic carbocycles. The summed E-state index contributed by atoms with van der Waals surface area (Å²) < 4.78 is 5.65. The topological polar surface area (TPSA) is 55.1 Å². The van der Waals surface area contributed by atoms with E-state index < -0.39 is 0 Å². The van der Waals surface area contributed by atoms with Crippen molar-refractivity contribution in [2.75, 3.05) is 13.1 Å². The van der Waals surface area contributed by atoms with Crippen molar-refractivity contribution in [1.82, 2.24) is 20.1 Å². The number of pyridine rings is 1. The Morgan fingerprint density at radius 2 is 2.10 bits per heavy atom. The van der Waals surface area contributed by atoms with E-state index in [0.29, 0.717) is 17.9 Å². The Hall–Kier alpha value is -1.75. The first-order chi connectivity index (χ1) is 10.2. The quantitative estimate of drug-likeness (QED) is 0.864. The van der Waals surface area contributed by atoms with Crippen molar-refractivity contribution in [2.45, 2.75) is 45.1 Å². The third kappa shape index (κ3) is 3.29. The smallest absolute Gasteiger partial charge is 0.221 e. The Bertz CT molecular complexity index is 569. The molecule has 1 aliphatic heterocycles. The van der Waals surface area contributed by atoms with Crippen molar-refractivity contribution in [1.29, 1.82) is 0 Å². The number of rotatable bonds is 4. The molecule has 0 unspecified atom stereocenters. The number of likely N-dealkylation sites (tertiary alicyclic amines) is 1. The van der Waals surface area contributed by atoms with Gasteiger partial charge in [0.1, 0.15) is 0 Å². The van der Waals surface area contributed by atoms with Gasteiger partial charge in [-0.1, -0.05) is 0 Å². The van der Waals surface area contributed by atoms with Crippen LogP contribution in [0.3, 0.4) is 0 Å². The van der Waals surface area contributed by atoms with Gasteiger partial charge in [0.2, 0.25) is 11.8 Å². The summed E-state index contributed by atoms with van der Waals surface area (Å²) in [7, 11) is 0. The summed E-state index contributed by atoms with van der Waals surface area (Å²) >= 11 is 0. The Morgan fingerprint density at radius 1 is 1.29 bits per heavy atom. The van der Waals surface area contributed by atoms with Gasteiger partial charge in [0.05, 0.1) is 5.92 Å². The van der Waals surface area contributed by atoms with Gasteiger partial charge in [-0.3, -0.25) is 9.88 Å². The highest BCUT2D eigenvalue weighted by molar-refractivity contribution is 5.10. The zero-order chi connectivity index (χ0) is 14.7. The second-order valence-corrected chi connectivity index (χ2v) is 5.79. The SMILES string of the molecule is Cc1nnc([C@H]2CCCN(CCc3ccncc3)[C@H]2C)o1. The van der Waals surface area contributed by atoms with Gasteiger partial charge in [0.15, 0.2) is 0 Å². The molecule has 1 fully saturated rings. The number of aromatic nitrogens is 3. The molecule has 0 spiro atoms. The Balaban J connectivity index is 1.63. The van der Waals surface area contributed by atoms with Crippen LogP contribution in [0.25, 0.3) is 0 Å². The van der Waals surface area contributed by atoms with Crippen molar-refractivity contribution in [3.05, 3.63) is 41.9 Å². The van der Waals surface area contributed by atoms with Gasteiger partial charge in [0, 0.05) is 31.9 Å². The first-order valence-corrected chi connectivity index (χ1v) is 7.67. The standard InChI is InChI=1S/C16H22N4O/c1-12-15(16-19-18-13(2)21-16)4-3-10-20(12)11-7-14-5-8-17-9-6-14/h5-6,8-9,12,15H,3-4,7,10-11H2,1-2H3/t12-,15-/m0/s1. The maximum Gasteiger partial charge on any atom is 0.221 e. The summed E-state index contributed by atoms with van der Waals surface area (Å²) in [6, 6.07) is 4.63. The average Bonchev–Trinajstić information content (AvgIpc) is 2.94. The number of piperidine rings is 1. The molecule has 0 bridgehead atoms. The molecule has 0 saturated carbocycles. The second-order valence-electron chi connectivity index (χ2n) is 5.79. The lowest BCUT2D eigenvalue weighted by atomic mass is 9.90. The first-order valence-electron chi connectivity index (χ1n) is 7.67. The van der Waals surface area contributed by atoms with Gasteiger partial charge in [0.25, 0.3) is 0 Å². The summed E-state index contributed by atoms with van der Waals surface area (Å²) in [6.45, 7) is 6.34. The van der Waals surface area contributed by atoms with Crippen LogP contribution in [-0.4, -0.2) is 39.2 Å². The number of hydrogen-bond acceptors (Lipinski definition) is 5. The van der Waals surface area contributed by atoms with E-state index in [2.05, 4.69) is 39.1 Å². The molecule has 2 atom stereocenters. The van der Waals surface area contributed by atoms with Crippen LogP contribution in [0.15, 0.2) is 28.9 Å². The highest BCUT2D eigenvalue weighted by atomic mass is 16.4. The average molecular weight is 286 g/mol. The second kappa shape index (κ2) is 6.35. The molecule has 112 valence electrons. The molecule has 21 heavy (non-hydrogen) atoms. The maximum atomic E-state index is 5.65. The van der Waals surface area contributed by atoms with Crippen LogP contribution in [0.1, 0.15) is 43.0 Å². The van der Waals surface area contributed by atoms with Gasteiger partial charge < -0.3 is 4.42 Å². The normalized spacial score (nSPS) is 23.3. The van der Waals surface area contributed by atoms with E-state index in [9.17, 15) is 0 Å². The monoisotopic (exact) mass is 286 g/mol. The van der Waals surface area contributed by atoms with Gasteiger partial charge >= 0.3 is 0 Å². The first kappa shape index (κ1) is 14.2. The van der Waals surface area contributed by atoms with Crippen LogP contribution in [0, 0.1) is 6.92 Å². The third-order valence-electron chi connectivity index (χ3n) is 4.41. The van der Waals surface area contributed by atoms with Crippen molar-refractivity contribution < 1.29 is 4.42 Å². The fraction of sp³-hybridized carbons (Fsp3) is 0.562. The van der Waals surface area contributed by atoms with Crippen molar-refractivity contribution >= 4 is 0 Å². The molecular formula is C16H22N4O. The summed E-state index contributed by atoms with van der Waals surface area (Å²) in [5.41, 5.74) is 1.34. The molecule has 3 heterocycles. The van der Waals surface area contributed by atoms with Crippen molar-refractivity contribution in [2.24, 2.45) is 0 Å². The zero-order valence-corrected chi connectivity index (χ0v) is 12.7. The van der Waals surface area contributed by atoms with E-state index in [1.807, 2.05) is 19.3 Å². The van der Waals surface area contributed by atoms with Gasteiger partial charge in [-0.25, -0.2) is 0 Å². The molecule has 5 heteroatoms. The van der Waals surface area contributed by atoms with E-state index >= 15 is 0 Å². The minimum Gasteiger partial charge on any atom is -0.425 e. The maximum absolute atomic E-state index is 5.65. The highest BCUT2D eigenvalue weighted by Crippen LogP contribution is 2.31. The van der Waals surface area contributed by atoms with Crippen LogP contribution >= 0.6 is 0 Å². The number of aryl methyl sites for hydroxylation is 1. The minimum absolute atomic E-state index is 0.359. The Morgan fingerprint density at radius 3 is 2.81 bits per heavy atom. The predicted molar refractivity (Wildman–Crippen MR) is 80.0 cm³/mol. The van der Waals surface area contributed by atoms with Gasteiger partial charge in [-0.05, 0) is 50.4 Å². The summed E-state index contributed by atoms with van der Waals surface area (Å²) in [4.78, 5) is 6.60. The fourth-order valence-corrected chi connectivity index (χ4v) is 3.14. The molecule has 0 aliphatic carbocycles. The molecule has 2 aromatic rings. The third-order valence-corrected chi connectivity index (χ3v) is 4.41. The lowest BCUT2D eigenvalue weighted by molar-refractivity contribution is 0.127. The molecule has 0 radical (unpaired) electrons. The summed E-state index contributed by atoms with van der Waals surface area (Å²) in [5.74, 6) is 1.82. The van der Waals surface area contributed by atoms with Crippen LogP contribution in [0.5, 0.6) is 0 Å². The lowest BCUT2D eigenvalue weighted by Gasteiger charge is -2.37. The lowest BCUT2D eigenvalue weighted by Crippen LogP contribution is -2.43. The van der Waals surface area contributed by atoms with Crippen LogP contribution < -0.4 is 0 Å². The molecular weight excluding hydrogens is 264 g/mol. The van der Waals surface area contributed by atoms with E-state index in [1.165, 1.54) is 12.0 Å². The van der Waals surface area contributed by atoms with Gasteiger partial charge in [-0.2, -0.15) is 0 Å². The number of nitrogens with zero attached hydrogens (tertiary/aromatic N) is 4. The molecule has 5 nitrogen and oxygen atoms in total.